The molecule has 2 rings (SSSR count). The fourth-order valence-corrected chi connectivity index (χ4v) is 2.43. The minimum Gasteiger partial charge on any atom is -0.455 e. The van der Waals surface area contributed by atoms with E-state index in [2.05, 4.69) is 62.1 Å². The molecule has 106 valence electrons. The molecule has 2 aromatic rings. The standard InChI is InChI=1S/C15H16Br2N2O/c1-10(2)19-7-11-5-12(16)3-4-15(11)20-14-6-13(17)8-18-9-14/h3-6,8-10,19H,7H2,1-2H3. The molecule has 1 aromatic carbocycles. The van der Waals surface area contributed by atoms with E-state index in [4.69, 9.17) is 4.74 Å². The molecule has 0 saturated carbocycles. The Morgan fingerprint density at radius 2 is 1.95 bits per heavy atom. The summed E-state index contributed by atoms with van der Waals surface area (Å²) >= 11 is 6.89. The van der Waals surface area contributed by atoms with Crippen molar-refractivity contribution >= 4 is 31.9 Å². The summed E-state index contributed by atoms with van der Waals surface area (Å²) in [5.74, 6) is 1.55. The van der Waals surface area contributed by atoms with E-state index >= 15 is 0 Å². The maximum atomic E-state index is 5.92. The molecule has 1 heterocycles. The van der Waals surface area contributed by atoms with E-state index in [0.29, 0.717) is 11.8 Å². The summed E-state index contributed by atoms with van der Waals surface area (Å²) in [5.41, 5.74) is 1.10. The van der Waals surface area contributed by atoms with Gasteiger partial charge in [-0.3, -0.25) is 4.98 Å². The molecule has 5 heteroatoms. The SMILES string of the molecule is CC(C)NCc1cc(Br)ccc1Oc1cncc(Br)c1. The predicted molar refractivity (Wildman–Crippen MR) is 88.1 cm³/mol. The molecule has 0 saturated heterocycles. The number of nitrogens with one attached hydrogen (secondary N) is 1. The van der Waals surface area contributed by atoms with Gasteiger partial charge in [0.2, 0.25) is 0 Å². The van der Waals surface area contributed by atoms with E-state index in [-0.39, 0.29) is 0 Å². The molecule has 0 bridgehead atoms. The summed E-state index contributed by atoms with van der Waals surface area (Å²) < 4.78 is 7.86. The largest absolute Gasteiger partial charge is 0.455 e. The summed E-state index contributed by atoms with van der Waals surface area (Å²) in [5, 5.41) is 3.40. The molecule has 0 aliphatic carbocycles. The summed E-state index contributed by atoms with van der Waals surface area (Å²) in [6.45, 7) is 5.00. The highest BCUT2D eigenvalue weighted by molar-refractivity contribution is 9.10. The lowest BCUT2D eigenvalue weighted by Crippen LogP contribution is -2.22. The van der Waals surface area contributed by atoms with E-state index in [1.54, 1.807) is 12.4 Å². The molecule has 0 fully saturated rings. The summed E-state index contributed by atoms with van der Waals surface area (Å²) in [6.07, 6.45) is 3.43. The third-order valence-electron chi connectivity index (χ3n) is 2.63. The van der Waals surface area contributed by atoms with E-state index in [9.17, 15) is 0 Å². The van der Waals surface area contributed by atoms with Gasteiger partial charge in [0, 0.05) is 33.3 Å². The second kappa shape index (κ2) is 7.20. The van der Waals surface area contributed by atoms with Gasteiger partial charge >= 0.3 is 0 Å². The molecule has 3 nitrogen and oxygen atoms in total. The van der Waals surface area contributed by atoms with Crippen molar-refractivity contribution in [2.45, 2.75) is 26.4 Å². The van der Waals surface area contributed by atoms with Crippen LogP contribution in [0.4, 0.5) is 0 Å². The van der Waals surface area contributed by atoms with Crippen LogP contribution in [0.25, 0.3) is 0 Å². The van der Waals surface area contributed by atoms with Crippen LogP contribution >= 0.6 is 31.9 Å². The Morgan fingerprint density at radius 3 is 2.65 bits per heavy atom. The number of benzene rings is 1. The number of nitrogens with zero attached hydrogens (tertiary/aromatic N) is 1. The third kappa shape index (κ3) is 4.58. The van der Waals surface area contributed by atoms with Gasteiger partial charge in [-0.1, -0.05) is 29.8 Å². The number of rotatable bonds is 5. The van der Waals surface area contributed by atoms with Crippen molar-refractivity contribution in [3.8, 4) is 11.5 Å². The van der Waals surface area contributed by atoms with Crippen LogP contribution < -0.4 is 10.1 Å². The minimum absolute atomic E-state index is 0.425. The van der Waals surface area contributed by atoms with Crippen LogP contribution in [0.2, 0.25) is 0 Å². The molecule has 0 radical (unpaired) electrons. The van der Waals surface area contributed by atoms with Crippen molar-refractivity contribution in [3.05, 3.63) is 51.2 Å². The Bertz CT molecular complexity index is 588. The van der Waals surface area contributed by atoms with Crippen LogP contribution in [0.5, 0.6) is 11.5 Å². The zero-order valence-corrected chi connectivity index (χ0v) is 14.5. The maximum Gasteiger partial charge on any atom is 0.146 e. The Morgan fingerprint density at radius 1 is 1.15 bits per heavy atom. The van der Waals surface area contributed by atoms with E-state index in [0.717, 1.165) is 26.8 Å². The van der Waals surface area contributed by atoms with Crippen LogP contribution in [0.1, 0.15) is 19.4 Å². The highest BCUT2D eigenvalue weighted by atomic mass is 79.9. The molecular weight excluding hydrogens is 384 g/mol. The topological polar surface area (TPSA) is 34.1 Å². The van der Waals surface area contributed by atoms with Gasteiger partial charge in [-0.05, 0) is 40.2 Å². The van der Waals surface area contributed by atoms with Crippen LogP contribution in [-0.2, 0) is 6.54 Å². The predicted octanol–water partition coefficient (Wildman–Crippen LogP) is 4.90. The monoisotopic (exact) mass is 398 g/mol. The molecule has 20 heavy (non-hydrogen) atoms. The Labute approximate surface area is 136 Å². The van der Waals surface area contributed by atoms with E-state index in [1.165, 1.54) is 0 Å². The molecule has 1 N–H and O–H groups in total. The molecule has 0 aliphatic rings. The van der Waals surface area contributed by atoms with E-state index in [1.807, 2.05) is 18.2 Å². The molecule has 0 spiro atoms. The van der Waals surface area contributed by atoms with Crippen molar-refractivity contribution in [3.63, 3.8) is 0 Å². The molecule has 0 atom stereocenters. The number of aromatic nitrogens is 1. The number of hydrogen-bond donors (Lipinski definition) is 1. The zero-order valence-electron chi connectivity index (χ0n) is 11.4. The average Bonchev–Trinajstić information content (AvgIpc) is 2.39. The first-order valence-electron chi connectivity index (χ1n) is 6.35. The fraction of sp³-hybridized carbons (Fsp3) is 0.267. The molecule has 0 aliphatic heterocycles. The first-order chi connectivity index (χ1) is 9.54. The molecule has 0 unspecified atom stereocenters. The molecular formula is C15H16Br2N2O. The fourth-order valence-electron chi connectivity index (χ4n) is 1.67. The summed E-state index contributed by atoms with van der Waals surface area (Å²) in [6, 6.07) is 8.32. The van der Waals surface area contributed by atoms with Gasteiger partial charge in [-0.25, -0.2) is 0 Å². The Hall–Kier alpha value is -0.910. The average molecular weight is 400 g/mol. The number of hydrogen-bond acceptors (Lipinski definition) is 3. The van der Waals surface area contributed by atoms with E-state index < -0.39 is 0 Å². The first kappa shape index (κ1) is 15.5. The van der Waals surface area contributed by atoms with Gasteiger partial charge in [0.15, 0.2) is 0 Å². The van der Waals surface area contributed by atoms with Crippen molar-refractivity contribution in [1.82, 2.24) is 10.3 Å². The van der Waals surface area contributed by atoms with Crippen molar-refractivity contribution < 1.29 is 4.74 Å². The number of pyridine rings is 1. The smallest absolute Gasteiger partial charge is 0.146 e. The van der Waals surface area contributed by atoms with Crippen molar-refractivity contribution in [2.75, 3.05) is 0 Å². The summed E-state index contributed by atoms with van der Waals surface area (Å²) in [4.78, 5) is 4.11. The minimum atomic E-state index is 0.425. The van der Waals surface area contributed by atoms with Crippen LogP contribution in [0.3, 0.4) is 0 Å². The van der Waals surface area contributed by atoms with Crippen molar-refractivity contribution in [1.29, 1.82) is 0 Å². The van der Waals surface area contributed by atoms with Gasteiger partial charge < -0.3 is 10.1 Å². The van der Waals surface area contributed by atoms with Gasteiger partial charge in [-0.2, -0.15) is 0 Å². The lowest BCUT2D eigenvalue weighted by atomic mass is 10.2. The second-order valence-corrected chi connectivity index (χ2v) is 6.56. The molecule has 1 aromatic heterocycles. The van der Waals surface area contributed by atoms with Gasteiger partial charge in [0.05, 0.1) is 6.20 Å². The quantitative estimate of drug-likeness (QED) is 0.776. The van der Waals surface area contributed by atoms with Crippen molar-refractivity contribution in [2.24, 2.45) is 0 Å². The normalized spacial score (nSPS) is 10.8. The summed E-state index contributed by atoms with van der Waals surface area (Å²) in [7, 11) is 0. The lowest BCUT2D eigenvalue weighted by molar-refractivity contribution is 0.467. The Balaban J connectivity index is 2.21. The lowest BCUT2D eigenvalue weighted by Gasteiger charge is -2.14. The third-order valence-corrected chi connectivity index (χ3v) is 3.56. The Kier molecular flexibility index (Phi) is 5.57. The highest BCUT2D eigenvalue weighted by Gasteiger charge is 2.07. The van der Waals surface area contributed by atoms with Crippen LogP contribution in [-0.4, -0.2) is 11.0 Å². The maximum absolute atomic E-state index is 5.92. The van der Waals surface area contributed by atoms with Crippen LogP contribution in [0, 0.1) is 0 Å². The zero-order chi connectivity index (χ0) is 14.5. The number of ether oxygens (including phenoxy) is 1. The highest BCUT2D eigenvalue weighted by Crippen LogP contribution is 2.29. The second-order valence-electron chi connectivity index (χ2n) is 4.73. The van der Waals surface area contributed by atoms with Gasteiger partial charge in [-0.15, -0.1) is 0 Å². The van der Waals surface area contributed by atoms with Crippen LogP contribution in [0.15, 0.2) is 45.6 Å². The van der Waals surface area contributed by atoms with Gasteiger partial charge in [0.1, 0.15) is 11.5 Å². The number of halogens is 2. The first-order valence-corrected chi connectivity index (χ1v) is 7.93. The molecule has 0 amide bonds. The van der Waals surface area contributed by atoms with Gasteiger partial charge in [0.25, 0.3) is 0 Å².